The van der Waals surface area contributed by atoms with Crippen LogP contribution in [0.2, 0.25) is 5.02 Å². The van der Waals surface area contributed by atoms with Crippen LogP contribution >= 0.6 is 22.9 Å². The van der Waals surface area contributed by atoms with Gasteiger partial charge >= 0.3 is 0 Å². The van der Waals surface area contributed by atoms with Gasteiger partial charge in [-0.25, -0.2) is 9.97 Å². The van der Waals surface area contributed by atoms with E-state index in [1.807, 2.05) is 25.2 Å². The second kappa shape index (κ2) is 6.13. The van der Waals surface area contributed by atoms with E-state index in [9.17, 15) is 4.79 Å². The van der Waals surface area contributed by atoms with E-state index >= 15 is 0 Å². The largest absolute Gasteiger partial charge is 0.374 e. The first-order valence-corrected chi connectivity index (χ1v) is 9.05. The number of pyridine rings is 1. The van der Waals surface area contributed by atoms with Gasteiger partial charge < -0.3 is 4.90 Å². The second-order valence-electron chi connectivity index (χ2n) is 5.70. The van der Waals surface area contributed by atoms with Gasteiger partial charge in [0.2, 0.25) is 0 Å². The number of aromatic nitrogens is 3. The number of rotatable bonds is 3. The number of nitrogens with zero attached hydrogens (tertiary/aromatic N) is 4. The molecule has 3 aromatic heterocycles. The lowest BCUT2D eigenvalue weighted by Crippen LogP contribution is -2.18. The van der Waals surface area contributed by atoms with Gasteiger partial charge in [0.05, 0.1) is 16.8 Å². The Bertz CT molecular complexity index is 1150. The lowest BCUT2D eigenvalue weighted by Gasteiger charge is -2.17. The Labute approximate surface area is 153 Å². The molecule has 0 spiro atoms. The zero-order valence-corrected chi connectivity index (χ0v) is 15.3. The summed E-state index contributed by atoms with van der Waals surface area (Å²) in [6.45, 7) is 2.94. The number of fused-ring (bicyclic) bond motifs is 3. The molecule has 0 aliphatic rings. The number of hydrogen-bond acceptors (Lipinski definition) is 5. The van der Waals surface area contributed by atoms with Crippen LogP contribution in [0, 0.1) is 0 Å². The lowest BCUT2D eigenvalue weighted by atomic mass is 10.2. The third kappa shape index (κ3) is 2.58. The van der Waals surface area contributed by atoms with E-state index in [1.165, 1.54) is 15.9 Å². The van der Waals surface area contributed by atoms with Gasteiger partial charge in [-0.2, -0.15) is 0 Å². The third-order valence-corrected chi connectivity index (χ3v) is 5.54. The molecule has 126 valence electrons. The minimum absolute atomic E-state index is 0.111. The van der Waals surface area contributed by atoms with Crippen molar-refractivity contribution in [1.82, 2.24) is 14.5 Å². The maximum Gasteiger partial charge on any atom is 0.275 e. The van der Waals surface area contributed by atoms with Crippen LogP contribution in [-0.4, -0.2) is 28.1 Å². The molecule has 4 rings (SSSR count). The van der Waals surface area contributed by atoms with Crippen molar-refractivity contribution < 1.29 is 0 Å². The summed E-state index contributed by atoms with van der Waals surface area (Å²) in [6, 6.07) is 9.14. The van der Waals surface area contributed by atoms with Gasteiger partial charge in [0.15, 0.2) is 0 Å². The van der Waals surface area contributed by atoms with Gasteiger partial charge in [-0.3, -0.25) is 9.36 Å². The maximum absolute atomic E-state index is 13.0. The summed E-state index contributed by atoms with van der Waals surface area (Å²) < 4.78 is 2.12. The summed E-state index contributed by atoms with van der Waals surface area (Å²) in [4.78, 5) is 25.0. The maximum atomic E-state index is 13.0. The fourth-order valence-electron chi connectivity index (χ4n) is 2.84. The summed E-state index contributed by atoms with van der Waals surface area (Å²) in [5.41, 5.74) is 2.32. The molecule has 0 saturated carbocycles. The predicted octanol–water partition coefficient (Wildman–Crippen LogP) is 4.10. The highest BCUT2D eigenvalue weighted by atomic mass is 35.5. The number of benzene rings is 1. The smallest absolute Gasteiger partial charge is 0.275 e. The zero-order valence-electron chi connectivity index (χ0n) is 13.7. The van der Waals surface area contributed by atoms with Crippen molar-refractivity contribution in [3.63, 3.8) is 0 Å². The molecule has 3 heterocycles. The highest BCUT2D eigenvalue weighted by Crippen LogP contribution is 2.35. The van der Waals surface area contributed by atoms with Gasteiger partial charge in [0, 0.05) is 24.8 Å². The average Bonchev–Trinajstić information content (AvgIpc) is 3.01. The van der Waals surface area contributed by atoms with Crippen LogP contribution in [0.25, 0.3) is 26.1 Å². The first-order chi connectivity index (χ1) is 12.1. The average molecular weight is 371 g/mol. The van der Waals surface area contributed by atoms with Crippen molar-refractivity contribution in [2.75, 3.05) is 18.5 Å². The van der Waals surface area contributed by atoms with Crippen LogP contribution in [0.15, 0.2) is 47.7 Å². The molecule has 0 bridgehead atoms. The van der Waals surface area contributed by atoms with E-state index in [0.717, 1.165) is 22.4 Å². The molecule has 0 radical (unpaired) electrons. The third-order valence-electron chi connectivity index (χ3n) is 4.23. The summed E-state index contributed by atoms with van der Waals surface area (Å²) in [5, 5.41) is 1.51. The Balaban J connectivity index is 2.03. The van der Waals surface area contributed by atoms with E-state index in [0.29, 0.717) is 20.9 Å². The SMILES string of the molecule is CCN(C)c1ccnc2sc3c(=O)n(-c4cccc(Cl)c4)cnc3c12. The highest BCUT2D eigenvalue weighted by Gasteiger charge is 2.17. The molecule has 7 heteroatoms. The van der Waals surface area contributed by atoms with E-state index < -0.39 is 0 Å². The molecule has 0 unspecified atom stereocenters. The number of thiophene rings is 1. The van der Waals surface area contributed by atoms with Crippen molar-refractivity contribution in [2.24, 2.45) is 0 Å². The minimum atomic E-state index is -0.111. The fourth-order valence-corrected chi connectivity index (χ4v) is 4.07. The Morgan fingerprint density at radius 2 is 2.12 bits per heavy atom. The van der Waals surface area contributed by atoms with Crippen molar-refractivity contribution in [1.29, 1.82) is 0 Å². The minimum Gasteiger partial charge on any atom is -0.374 e. The monoisotopic (exact) mass is 370 g/mol. The summed E-state index contributed by atoms with van der Waals surface area (Å²) in [5.74, 6) is 0. The van der Waals surface area contributed by atoms with Gasteiger partial charge in [0.25, 0.3) is 5.56 Å². The fraction of sp³-hybridized carbons (Fsp3) is 0.167. The van der Waals surface area contributed by atoms with Crippen LogP contribution < -0.4 is 10.5 Å². The first kappa shape index (κ1) is 16.1. The molecule has 1 aromatic carbocycles. The Hall–Kier alpha value is -2.44. The molecule has 0 saturated heterocycles. The van der Waals surface area contributed by atoms with E-state index in [1.54, 1.807) is 24.7 Å². The summed E-state index contributed by atoms with van der Waals surface area (Å²) in [6.07, 6.45) is 3.33. The van der Waals surface area contributed by atoms with Gasteiger partial charge in [-0.15, -0.1) is 11.3 Å². The quantitative estimate of drug-likeness (QED) is 0.544. The predicted molar refractivity (Wildman–Crippen MR) is 104 cm³/mol. The molecule has 0 N–H and O–H groups in total. The lowest BCUT2D eigenvalue weighted by molar-refractivity contribution is 0.964. The Morgan fingerprint density at radius 3 is 2.88 bits per heavy atom. The van der Waals surface area contributed by atoms with Crippen LogP contribution in [0.5, 0.6) is 0 Å². The van der Waals surface area contributed by atoms with Crippen LogP contribution in [0.3, 0.4) is 0 Å². The molecule has 25 heavy (non-hydrogen) atoms. The summed E-state index contributed by atoms with van der Waals surface area (Å²) >= 11 is 7.43. The standard InChI is InChI=1S/C18H15ClN4OS/c1-3-22(2)13-7-8-20-17-14(13)15-16(25-17)18(24)23(10-21-15)12-6-4-5-11(19)9-12/h4-10H,3H2,1-2H3. The van der Waals surface area contributed by atoms with Crippen molar-refractivity contribution in [3.05, 3.63) is 58.2 Å². The Morgan fingerprint density at radius 1 is 1.28 bits per heavy atom. The number of hydrogen-bond donors (Lipinski definition) is 0. The van der Waals surface area contributed by atoms with E-state index in [-0.39, 0.29) is 5.56 Å². The van der Waals surface area contributed by atoms with E-state index in [4.69, 9.17) is 11.6 Å². The molecule has 0 aliphatic carbocycles. The van der Waals surface area contributed by atoms with Crippen molar-refractivity contribution >= 4 is 49.1 Å². The number of halogens is 1. The Kier molecular flexibility index (Phi) is 3.94. The summed E-state index contributed by atoms with van der Waals surface area (Å²) in [7, 11) is 2.02. The van der Waals surface area contributed by atoms with Crippen LogP contribution in [-0.2, 0) is 0 Å². The highest BCUT2D eigenvalue weighted by molar-refractivity contribution is 7.25. The van der Waals surface area contributed by atoms with Gasteiger partial charge in [-0.05, 0) is 31.2 Å². The second-order valence-corrected chi connectivity index (χ2v) is 7.14. The zero-order chi connectivity index (χ0) is 17.6. The molecule has 0 fully saturated rings. The molecule has 0 amide bonds. The van der Waals surface area contributed by atoms with Crippen molar-refractivity contribution in [2.45, 2.75) is 6.92 Å². The van der Waals surface area contributed by atoms with E-state index in [2.05, 4.69) is 21.8 Å². The molecular formula is C18H15ClN4OS. The van der Waals surface area contributed by atoms with Gasteiger partial charge in [0.1, 0.15) is 21.4 Å². The molecule has 0 aliphatic heterocycles. The van der Waals surface area contributed by atoms with Crippen LogP contribution in [0.4, 0.5) is 5.69 Å². The normalized spacial score (nSPS) is 11.3. The molecule has 5 nitrogen and oxygen atoms in total. The molecule has 4 aromatic rings. The van der Waals surface area contributed by atoms with Crippen molar-refractivity contribution in [3.8, 4) is 5.69 Å². The van der Waals surface area contributed by atoms with Gasteiger partial charge in [-0.1, -0.05) is 17.7 Å². The topological polar surface area (TPSA) is 51.0 Å². The first-order valence-electron chi connectivity index (χ1n) is 7.86. The number of anilines is 1. The molecule has 0 atom stereocenters. The molecular weight excluding hydrogens is 356 g/mol. The van der Waals surface area contributed by atoms with Crippen LogP contribution in [0.1, 0.15) is 6.92 Å².